The van der Waals surface area contributed by atoms with Crippen LogP contribution in [0.1, 0.15) is 23.6 Å². The van der Waals surface area contributed by atoms with Crippen LogP contribution in [0.15, 0.2) is 77.4 Å². The normalized spacial score (nSPS) is 11.2. The van der Waals surface area contributed by atoms with E-state index in [4.69, 9.17) is 4.74 Å². The Balaban J connectivity index is 1.98. The van der Waals surface area contributed by atoms with Crippen molar-refractivity contribution in [3.05, 3.63) is 89.1 Å². The number of rotatable bonds is 9. The van der Waals surface area contributed by atoms with Crippen LogP contribution >= 0.6 is 0 Å². The smallest absolute Gasteiger partial charge is 0.270 e. The third-order valence-electron chi connectivity index (χ3n) is 4.26. The molecule has 0 aliphatic rings. The van der Waals surface area contributed by atoms with Crippen molar-refractivity contribution in [2.45, 2.75) is 26.9 Å². The van der Waals surface area contributed by atoms with Crippen LogP contribution in [0.25, 0.3) is 0 Å². The van der Waals surface area contributed by atoms with Crippen LogP contribution < -0.4 is 15.4 Å². The van der Waals surface area contributed by atoms with E-state index < -0.39 is 5.91 Å². The van der Waals surface area contributed by atoms with Crippen molar-refractivity contribution in [2.75, 3.05) is 7.11 Å². The van der Waals surface area contributed by atoms with Gasteiger partial charge in [-0.05, 0) is 43.2 Å². The highest BCUT2D eigenvalue weighted by Crippen LogP contribution is 2.12. The lowest BCUT2D eigenvalue weighted by Crippen LogP contribution is -2.26. The van der Waals surface area contributed by atoms with E-state index in [0.717, 1.165) is 16.7 Å². The Hall–Kier alpha value is -3.67. The molecule has 30 heavy (non-hydrogen) atoms. The van der Waals surface area contributed by atoms with E-state index in [0.29, 0.717) is 18.8 Å². The van der Waals surface area contributed by atoms with Crippen LogP contribution in [0, 0.1) is 6.92 Å². The predicted octanol–water partition coefficient (Wildman–Crippen LogP) is 3.47. The van der Waals surface area contributed by atoms with Crippen molar-refractivity contribution in [1.82, 2.24) is 10.6 Å². The molecule has 0 aliphatic carbocycles. The van der Waals surface area contributed by atoms with Crippen molar-refractivity contribution >= 4 is 18.0 Å². The van der Waals surface area contributed by atoms with Crippen LogP contribution in [-0.2, 0) is 22.7 Å². The van der Waals surface area contributed by atoms with Gasteiger partial charge in [-0.15, -0.1) is 0 Å². The molecule has 2 rings (SSSR count). The Morgan fingerprint density at radius 2 is 1.70 bits per heavy atom. The average molecular weight is 405 g/mol. The monoisotopic (exact) mass is 405 g/mol. The van der Waals surface area contributed by atoms with E-state index in [1.165, 1.54) is 12.3 Å². The van der Waals surface area contributed by atoms with Crippen LogP contribution in [0.4, 0.5) is 0 Å². The molecule has 0 spiro atoms. The number of hydrogen-bond acceptors (Lipinski definition) is 4. The molecule has 6 nitrogen and oxygen atoms in total. The van der Waals surface area contributed by atoms with Crippen molar-refractivity contribution in [1.29, 1.82) is 0 Å². The minimum Gasteiger partial charge on any atom is -0.497 e. The van der Waals surface area contributed by atoms with Crippen LogP contribution in [0.2, 0.25) is 0 Å². The minimum absolute atomic E-state index is 0.107. The molecule has 0 radical (unpaired) electrons. The van der Waals surface area contributed by atoms with Gasteiger partial charge in [0.2, 0.25) is 0 Å². The molecule has 156 valence electrons. The summed E-state index contributed by atoms with van der Waals surface area (Å²) in [6, 6.07) is 15.3. The van der Waals surface area contributed by atoms with Gasteiger partial charge in [-0.1, -0.05) is 48.5 Å². The van der Waals surface area contributed by atoms with Gasteiger partial charge >= 0.3 is 0 Å². The van der Waals surface area contributed by atoms with Gasteiger partial charge in [0.1, 0.15) is 11.4 Å². The molecule has 0 saturated heterocycles. The quantitative estimate of drug-likeness (QED) is 0.381. The molecule has 0 fully saturated rings. The molecule has 0 bridgehead atoms. The number of aliphatic imine (C=N–C) groups is 1. The number of nitrogens with one attached hydrogen (secondary N) is 2. The summed E-state index contributed by atoms with van der Waals surface area (Å²) in [6.45, 7) is 8.15. The second kappa shape index (κ2) is 11.4. The fraction of sp³-hybridized carbons (Fsp3) is 0.208. The van der Waals surface area contributed by atoms with Gasteiger partial charge in [-0.2, -0.15) is 0 Å². The zero-order valence-electron chi connectivity index (χ0n) is 17.6. The summed E-state index contributed by atoms with van der Waals surface area (Å²) in [5.41, 5.74) is 3.28. The fourth-order valence-corrected chi connectivity index (χ4v) is 2.59. The van der Waals surface area contributed by atoms with Gasteiger partial charge in [0.25, 0.3) is 11.8 Å². The zero-order valence-corrected chi connectivity index (χ0v) is 17.6. The van der Waals surface area contributed by atoms with Crippen LogP contribution in [-0.4, -0.2) is 25.1 Å². The lowest BCUT2D eigenvalue weighted by Gasteiger charge is -2.09. The lowest BCUT2D eigenvalue weighted by atomic mass is 10.1. The molecular weight excluding hydrogens is 378 g/mol. The summed E-state index contributed by atoms with van der Waals surface area (Å²) in [4.78, 5) is 29.0. The van der Waals surface area contributed by atoms with Crippen molar-refractivity contribution < 1.29 is 14.3 Å². The Kier molecular flexibility index (Phi) is 8.56. The number of nitrogens with zero attached hydrogens (tertiary/aromatic N) is 1. The molecule has 2 amide bonds. The fourth-order valence-electron chi connectivity index (χ4n) is 2.59. The second-order valence-corrected chi connectivity index (χ2v) is 6.64. The molecule has 0 heterocycles. The van der Waals surface area contributed by atoms with E-state index >= 15 is 0 Å². The largest absolute Gasteiger partial charge is 0.497 e. The topological polar surface area (TPSA) is 79.8 Å². The summed E-state index contributed by atoms with van der Waals surface area (Å²) < 4.78 is 5.18. The summed E-state index contributed by atoms with van der Waals surface area (Å²) in [6.07, 6.45) is 2.87. The third kappa shape index (κ3) is 7.05. The van der Waals surface area contributed by atoms with E-state index in [9.17, 15) is 9.59 Å². The lowest BCUT2D eigenvalue weighted by molar-refractivity contribution is -0.117. The maximum atomic E-state index is 12.5. The summed E-state index contributed by atoms with van der Waals surface area (Å²) in [7, 11) is 1.59. The number of hydrogen-bond donors (Lipinski definition) is 2. The summed E-state index contributed by atoms with van der Waals surface area (Å²) in [5.74, 6) is -0.0499. The molecular formula is C24H27N3O3. The molecule has 2 aromatic rings. The molecule has 0 aromatic heterocycles. The molecule has 0 saturated carbocycles. The number of aryl methyl sites for hydroxylation is 1. The van der Waals surface area contributed by atoms with E-state index in [-0.39, 0.29) is 17.2 Å². The van der Waals surface area contributed by atoms with Crippen molar-refractivity contribution in [3.8, 4) is 5.75 Å². The Morgan fingerprint density at radius 3 is 2.37 bits per heavy atom. The Labute approximate surface area is 177 Å². The number of amides is 2. The van der Waals surface area contributed by atoms with Gasteiger partial charge in [0.15, 0.2) is 0 Å². The molecule has 0 aliphatic heterocycles. The first-order valence-electron chi connectivity index (χ1n) is 9.57. The van der Waals surface area contributed by atoms with Gasteiger partial charge < -0.3 is 15.4 Å². The first-order valence-corrected chi connectivity index (χ1v) is 9.57. The van der Waals surface area contributed by atoms with E-state index in [2.05, 4.69) is 22.2 Å². The van der Waals surface area contributed by atoms with E-state index in [1.807, 2.05) is 55.5 Å². The van der Waals surface area contributed by atoms with Crippen LogP contribution in [0.3, 0.4) is 0 Å². The van der Waals surface area contributed by atoms with E-state index in [1.54, 1.807) is 14.0 Å². The minimum atomic E-state index is -0.400. The van der Waals surface area contributed by atoms with Crippen molar-refractivity contribution in [3.63, 3.8) is 0 Å². The summed E-state index contributed by atoms with van der Waals surface area (Å²) in [5, 5.41) is 5.59. The predicted molar refractivity (Wildman–Crippen MR) is 119 cm³/mol. The molecule has 2 aromatic carbocycles. The number of benzene rings is 2. The maximum absolute atomic E-state index is 12.5. The van der Waals surface area contributed by atoms with Crippen molar-refractivity contribution in [2.24, 2.45) is 4.99 Å². The average Bonchev–Trinajstić information content (AvgIpc) is 2.76. The first-order chi connectivity index (χ1) is 14.4. The first kappa shape index (κ1) is 22.6. The SMILES string of the molecule is C=C(/C=C(\N=CC)C(=O)NCc1cccc(OC)c1)C(=O)NCc1ccc(C)cc1. The number of carbonyl (C=O) groups excluding carboxylic acids is 2. The Bertz CT molecular complexity index is 960. The summed E-state index contributed by atoms with van der Waals surface area (Å²) >= 11 is 0. The molecule has 2 N–H and O–H groups in total. The molecule has 0 unspecified atom stereocenters. The molecule has 0 atom stereocenters. The standard InChI is InChI=1S/C24H27N3O3/c1-5-25-22(24(29)27-16-20-7-6-8-21(14-20)30-4)13-18(3)23(28)26-15-19-11-9-17(2)10-12-19/h5-14H,3,15-16H2,1-2,4H3,(H,26,28)(H,27,29)/b22-13-,25-5?. The molecule has 6 heteroatoms. The Morgan fingerprint density at radius 1 is 1.03 bits per heavy atom. The highest BCUT2D eigenvalue weighted by Gasteiger charge is 2.12. The van der Waals surface area contributed by atoms with Gasteiger partial charge in [0, 0.05) is 24.9 Å². The van der Waals surface area contributed by atoms with Crippen LogP contribution in [0.5, 0.6) is 5.75 Å². The zero-order chi connectivity index (χ0) is 21.9. The third-order valence-corrected chi connectivity index (χ3v) is 4.26. The highest BCUT2D eigenvalue weighted by molar-refractivity contribution is 6.00. The van der Waals surface area contributed by atoms with Gasteiger partial charge in [-0.3, -0.25) is 14.6 Å². The number of methoxy groups -OCH3 is 1. The number of ether oxygens (including phenoxy) is 1. The van der Waals surface area contributed by atoms with Gasteiger partial charge in [0.05, 0.1) is 7.11 Å². The second-order valence-electron chi connectivity index (χ2n) is 6.64. The highest BCUT2D eigenvalue weighted by atomic mass is 16.5. The maximum Gasteiger partial charge on any atom is 0.270 e. The van der Waals surface area contributed by atoms with Gasteiger partial charge in [-0.25, -0.2) is 0 Å². The number of carbonyl (C=O) groups is 2.